The van der Waals surface area contributed by atoms with Crippen LogP contribution in [0.2, 0.25) is 5.02 Å². The molecular weight excluding hydrogens is 280 g/mol. The number of benzene rings is 1. The Balaban J connectivity index is 3.08. The van der Waals surface area contributed by atoms with E-state index in [9.17, 15) is 4.79 Å². The molecule has 0 heterocycles. The fourth-order valence-corrected chi connectivity index (χ4v) is 1.68. The van der Waals surface area contributed by atoms with Gasteiger partial charge in [0.15, 0.2) is 5.75 Å². The van der Waals surface area contributed by atoms with E-state index in [1.165, 1.54) is 13.2 Å². The number of likely N-dealkylation sites (N-methyl/N-ethyl adjacent to an activating group) is 1. The molecule has 6 heteroatoms. The Labute approximate surface area is 124 Å². The molecule has 0 radical (unpaired) electrons. The van der Waals surface area contributed by atoms with E-state index < -0.39 is 5.97 Å². The second-order valence-corrected chi connectivity index (χ2v) is 5.77. The number of hydrogen-bond acceptors (Lipinski definition) is 5. The lowest BCUT2D eigenvalue weighted by molar-refractivity contribution is 0.0589. The normalized spacial score (nSPS) is 11.6. The highest BCUT2D eigenvalue weighted by molar-refractivity contribution is 6.33. The zero-order valence-corrected chi connectivity index (χ0v) is 13.2. The van der Waals surface area contributed by atoms with Gasteiger partial charge in [-0.3, -0.25) is 0 Å². The van der Waals surface area contributed by atoms with Crippen LogP contribution in [0.1, 0.15) is 24.2 Å². The second kappa shape index (κ2) is 6.33. The van der Waals surface area contributed by atoms with Crippen LogP contribution in [0.15, 0.2) is 12.1 Å². The monoisotopic (exact) mass is 300 g/mol. The third kappa shape index (κ3) is 3.77. The van der Waals surface area contributed by atoms with Gasteiger partial charge in [0.1, 0.15) is 12.2 Å². The van der Waals surface area contributed by atoms with Crippen LogP contribution in [0.25, 0.3) is 0 Å². The number of carbonyl (C=O) groups is 1. The lowest BCUT2D eigenvalue weighted by atomic mass is 10.1. The molecule has 0 bridgehead atoms. The smallest absolute Gasteiger partial charge is 0.341 e. The summed E-state index contributed by atoms with van der Waals surface area (Å²) in [6, 6.07) is 3.04. The highest BCUT2D eigenvalue weighted by atomic mass is 35.5. The average molecular weight is 301 g/mol. The molecule has 0 unspecified atom stereocenters. The fraction of sp³-hybridized carbons (Fsp3) is 0.500. The summed E-state index contributed by atoms with van der Waals surface area (Å²) in [6.45, 7) is 4.42. The van der Waals surface area contributed by atoms with Crippen molar-refractivity contribution in [2.24, 2.45) is 0 Å². The van der Waals surface area contributed by atoms with E-state index in [1.807, 2.05) is 32.8 Å². The number of rotatable bonds is 5. The molecule has 0 fully saturated rings. The first-order valence-corrected chi connectivity index (χ1v) is 6.54. The highest BCUT2D eigenvalue weighted by Crippen LogP contribution is 2.33. The first-order valence-electron chi connectivity index (χ1n) is 6.16. The molecule has 0 atom stereocenters. The lowest BCUT2D eigenvalue weighted by Gasteiger charge is -2.32. The van der Waals surface area contributed by atoms with Gasteiger partial charge >= 0.3 is 5.97 Å². The van der Waals surface area contributed by atoms with Gasteiger partial charge in [0.25, 0.3) is 0 Å². The summed E-state index contributed by atoms with van der Waals surface area (Å²) in [5, 5.41) is 0.292. The van der Waals surface area contributed by atoms with Gasteiger partial charge in [-0.1, -0.05) is 11.6 Å². The Morgan fingerprint density at radius 1 is 1.40 bits per heavy atom. The second-order valence-electron chi connectivity index (χ2n) is 5.37. The van der Waals surface area contributed by atoms with Crippen molar-refractivity contribution in [3.05, 3.63) is 22.7 Å². The molecular formula is C14H21ClN2O3. The first kappa shape index (κ1) is 16.6. The molecule has 0 aliphatic carbocycles. The molecule has 20 heavy (non-hydrogen) atoms. The SMILES string of the molecule is COC(=O)c1cc(N)cc(Cl)c1OCC(C)(C)N(C)C. The topological polar surface area (TPSA) is 64.8 Å². The number of halogens is 1. The van der Waals surface area contributed by atoms with E-state index >= 15 is 0 Å². The van der Waals surface area contributed by atoms with Crippen molar-refractivity contribution in [1.29, 1.82) is 0 Å². The quantitative estimate of drug-likeness (QED) is 0.668. The molecule has 0 aliphatic rings. The predicted octanol–water partition coefficient (Wildman–Crippen LogP) is 2.43. The number of anilines is 1. The number of nitrogens with two attached hydrogens (primary N) is 1. The van der Waals surface area contributed by atoms with Crippen LogP contribution in [-0.2, 0) is 4.74 Å². The molecule has 1 aromatic rings. The first-order chi connectivity index (χ1) is 9.19. The molecule has 2 N–H and O–H groups in total. The summed E-state index contributed by atoms with van der Waals surface area (Å²) < 4.78 is 10.5. The van der Waals surface area contributed by atoms with Gasteiger partial charge in [-0.25, -0.2) is 4.79 Å². The number of ether oxygens (including phenoxy) is 2. The minimum absolute atomic E-state index is 0.210. The summed E-state index contributed by atoms with van der Waals surface area (Å²) >= 11 is 6.12. The van der Waals surface area contributed by atoms with Gasteiger partial charge in [-0.2, -0.15) is 0 Å². The van der Waals surface area contributed by atoms with Crippen LogP contribution in [0.3, 0.4) is 0 Å². The Hall–Kier alpha value is -1.46. The van der Waals surface area contributed by atoms with Crippen LogP contribution in [0.5, 0.6) is 5.75 Å². The number of nitrogen functional groups attached to an aromatic ring is 1. The Kier molecular flexibility index (Phi) is 5.25. The van der Waals surface area contributed by atoms with E-state index in [0.717, 1.165) is 0 Å². The average Bonchev–Trinajstić information content (AvgIpc) is 2.35. The number of nitrogens with zero attached hydrogens (tertiary/aromatic N) is 1. The van der Waals surface area contributed by atoms with Crippen molar-refractivity contribution in [1.82, 2.24) is 4.90 Å². The maximum Gasteiger partial charge on any atom is 0.341 e. The molecule has 0 aromatic heterocycles. The lowest BCUT2D eigenvalue weighted by Crippen LogP contribution is -2.43. The van der Waals surface area contributed by atoms with Crippen molar-refractivity contribution in [2.45, 2.75) is 19.4 Å². The third-order valence-electron chi connectivity index (χ3n) is 3.25. The highest BCUT2D eigenvalue weighted by Gasteiger charge is 2.24. The minimum Gasteiger partial charge on any atom is -0.489 e. The third-order valence-corrected chi connectivity index (χ3v) is 3.53. The number of hydrogen-bond donors (Lipinski definition) is 1. The largest absolute Gasteiger partial charge is 0.489 e. The summed E-state index contributed by atoms with van der Waals surface area (Å²) in [5.41, 5.74) is 6.10. The Morgan fingerprint density at radius 3 is 2.50 bits per heavy atom. The van der Waals surface area contributed by atoms with Crippen LogP contribution in [0, 0.1) is 0 Å². The van der Waals surface area contributed by atoms with Gasteiger partial charge in [-0.05, 0) is 40.1 Å². The summed E-state index contributed by atoms with van der Waals surface area (Å²) in [5.74, 6) is -0.237. The standard InChI is InChI=1S/C14H21ClN2O3/c1-14(2,17(3)4)8-20-12-10(13(18)19-5)6-9(16)7-11(12)15/h6-7H,8,16H2,1-5H3. The van der Waals surface area contributed by atoms with E-state index in [1.54, 1.807) is 6.07 Å². The van der Waals surface area contributed by atoms with E-state index in [2.05, 4.69) is 0 Å². The molecule has 0 amide bonds. The van der Waals surface area contributed by atoms with Crippen LogP contribution in [-0.4, -0.2) is 44.2 Å². The van der Waals surface area contributed by atoms with Crippen molar-refractivity contribution >= 4 is 23.3 Å². The summed E-state index contributed by atoms with van der Waals surface area (Å²) in [4.78, 5) is 13.8. The molecule has 0 saturated heterocycles. The maximum absolute atomic E-state index is 11.8. The van der Waals surface area contributed by atoms with Gasteiger partial charge < -0.3 is 20.1 Å². The zero-order valence-electron chi connectivity index (χ0n) is 12.5. The molecule has 5 nitrogen and oxygen atoms in total. The van der Waals surface area contributed by atoms with Crippen LogP contribution >= 0.6 is 11.6 Å². The van der Waals surface area contributed by atoms with Crippen LogP contribution in [0.4, 0.5) is 5.69 Å². The van der Waals surface area contributed by atoms with Gasteiger partial charge in [0.2, 0.25) is 0 Å². The molecule has 1 rings (SSSR count). The number of carbonyl (C=O) groups excluding carboxylic acids is 1. The zero-order chi connectivity index (χ0) is 15.5. The molecule has 112 valence electrons. The van der Waals surface area contributed by atoms with Crippen molar-refractivity contribution in [3.8, 4) is 5.75 Å². The van der Waals surface area contributed by atoms with Crippen molar-refractivity contribution in [3.63, 3.8) is 0 Å². The molecule has 1 aromatic carbocycles. The predicted molar refractivity (Wildman–Crippen MR) is 80.5 cm³/mol. The van der Waals surface area contributed by atoms with Crippen molar-refractivity contribution in [2.75, 3.05) is 33.5 Å². The van der Waals surface area contributed by atoms with Gasteiger partial charge in [-0.15, -0.1) is 0 Å². The van der Waals surface area contributed by atoms with E-state index in [4.69, 9.17) is 26.8 Å². The molecule has 0 saturated carbocycles. The van der Waals surface area contributed by atoms with Gasteiger partial charge in [0.05, 0.1) is 12.1 Å². The van der Waals surface area contributed by atoms with E-state index in [0.29, 0.717) is 23.1 Å². The Morgan fingerprint density at radius 2 is 2.00 bits per heavy atom. The minimum atomic E-state index is -0.531. The van der Waals surface area contributed by atoms with E-state index in [-0.39, 0.29) is 11.1 Å². The molecule has 0 aliphatic heterocycles. The summed E-state index contributed by atoms with van der Waals surface area (Å²) in [6.07, 6.45) is 0. The van der Waals surface area contributed by atoms with Crippen LogP contribution < -0.4 is 10.5 Å². The maximum atomic E-state index is 11.8. The van der Waals surface area contributed by atoms with Gasteiger partial charge in [0, 0.05) is 11.2 Å². The fourth-order valence-electron chi connectivity index (χ4n) is 1.40. The molecule has 0 spiro atoms. The summed E-state index contributed by atoms with van der Waals surface area (Å²) in [7, 11) is 5.21. The Bertz CT molecular complexity index is 501. The van der Waals surface area contributed by atoms with Crippen molar-refractivity contribution < 1.29 is 14.3 Å². The number of esters is 1. The number of methoxy groups -OCH3 is 1.